The van der Waals surface area contributed by atoms with Crippen LogP contribution < -0.4 is 0 Å². The van der Waals surface area contributed by atoms with Crippen molar-refractivity contribution in [2.24, 2.45) is 11.0 Å². The highest BCUT2D eigenvalue weighted by Crippen LogP contribution is 2.22. The van der Waals surface area contributed by atoms with E-state index in [2.05, 4.69) is 5.10 Å². The van der Waals surface area contributed by atoms with E-state index in [4.69, 9.17) is 4.74 Å². The van der Waals surface area contributed by atoms with Crippen LogP contribution in [0.25, 0.3) is 0 Å². The average molecular weight is 310 g/mol. The molecule has 1 amide bonds. The Hall–Kier alpha value is -1.72. The maximum Gasteiger partial charge on any atom is 0.430 e. The van der Waals surface area contributed by atoms with Crippen molar-refractivity contribution in [2.45, 2.75) is 65.4 Å². The monoisotopic (exact) mass is 310 g/mol. The molecular weight excluding hydrogens is 284 g/mol. The number of carbonyl (C=O) groups excluding carboxylic acids is 3. The smallest absolute Gasteiger partial charge is 0.430 e. The van der Waals surface area contributed by atoms with Gasteiger partial charge in [0.05, 0.1) is 5.71 Å². The molecule has 0 N–H and O–H groups in total. The summed E-state index contributed by atoms with van der Waals surface area (Å²) in [6, 6.07) is 0. The summed E-state index contributed by atoms with van der Waals surface area (Å²) in [6.45, 7) is 7.20. The van der Waals surface area contributed by atoms with E-state index in [0.29, 0.717) is 37.8 Å². The maximum absolute atomic E-state index is 12.2. The van der Waals surface area contributed by atoms with Crippen molar-refractivity contribution < 1.29 is 19.1 Å². The Morgan fingerprint density at radius 2 is 1.95 bits per heavy atom. The summed E-state index contributed by atoms with van der Waals surface area (Å²) in [5, 5.41) is 5.26. The summed E-state index contributed by atoms with van der Waals surface area (Å²) in [7, 11) is 1.47. The fourth-order valence-corrected chi connectivity index (χ4v) is 2.34. The van der Waals surface area contributed by atoms with E-state index in [0.717, 1.165) is 5.01 Å². The lowest BCUT2D eigenvalue weighted by atomic mass is 9.82. The zero-order valence-electron chi connectivity index (χ0n) is 14.1. The lowest BCUT2D eigenvalue weighted by Gasteiger charge is -2.25. The minimum Gasteiger partial charge on any atom is -0.442 e. The second kappa shape index (κ2) is 7.51. The second-order valence-electron chi connectivity index (χ2n) is 6.56. The van der Waals surface area contributed by atoms with Gasteiger partial charge in [0.2, 0.25) is 0 Å². The van der Waals surface area contributed by atoms with Crippen molar-refractivity contribution in [1.82, 2.24) is 5.01 Å². The Labute approximate surface area is 131 Å². The largest absolute Gasteiger partial charge is 0.442 e. The highest BCUT2D eigenvalue weighted by molar-refractivity contribution is 6.22. The number of carbonyl (C=O) groups is 3. The van der Waals surface area contributed by atoms with Crippen LogP contribution in [0.1, 0.15) is 59.8 Å². The molecule has 6 nitrogen and oxygen atoms in total. The van der Waals surface area contributed by atoms with Crippen molar-refractivity contribution >= 4 is 23.4 Å². The highest BCUT2D eigenvalue weighted by atomic mass is 16.6. The van der Waals surface area contributed by atoms with Gasteiger partial charge >= 0.3 is 6.09 Å². The van der Waals surface area contributed by atoms with Crippen LogP contribution >= 0.6 is 0 Å². The molecule has 0 bridgehead atoms. The van der Waals surface area contributed by atoms with Crippen LogP contribution in [0.5, 0.6) is 0 Å². The van der Waals surface area contributed by atoms with E-state index in [9.17, 15) is 14.4 Å². The van der Waals surface area contributed by atoms with Crippen LogP contribution in [0.4, 0.5) is 4.79 Å². The number of rotatable bonds is 4. The molecule has 0 aromatic carbocycles. The van der Waals surface area contributed by atoms with Crippen molar-refractivity contribution in [2.75, 3.05) is 7.05 Å². The van der Waals surface area contributed by atoms with Crippen molar-refractivity contribution in [3.05, 3.63) is 0 Å². The lowest BCUT2D eigenvalue weighted by Crippen LogP contribution is -2.38. The first-order valence-electron chi connectivity index (χ1n) is 7.75. The van der Waals surface area contributed by atoms with E-state index in [-0.39, 0.29) is 11.6 Å². The van der Waals surface area contributed by atoms with E-state index in [1.54, 1.807) is 20.8 Å². The molecule has 0 aromatic heterocycles. The molecule has 0 radical (unpaired) electrons. The topological polar surface area (TPSA) is 76.0 Å². The number of amides is 1. The Balaban J connectivity index is 2.91. The molecule has 0 spiro atoms. The summed E-state index contributed by atoms with van der Waals surface area (Å²) in [6.07, 6.45) is 2.06. The van der Waals surface area contributed by atoms with Gasteiger partial charge in [0, 0.05) is 19.9 Å². The zero-order valence-corrected chi connectivity index (χ0v) is 14.1. The van der Waals surface area contributed by atoms with Crippen LogP contribution in [0.2, 0.25) is 0 Å². The SMILES string of the molecule is CCCC(=O)C1C(=O)CCC/C1=N/N(C)C(=O)OC(C)(C)C. The predicted molar refractivity (Wildman–Crippen MR) is 83.7 cm³/mol. The Morgan fingerprint density at radius 1 is 1.32 bits per heavy atom. The van der Waals surface area contributed by atoms with Crippen molar-refractivity contribution in [3.8, 4) is 0 Å². The highest BCUT2D eigenvalue weighted by Gasteiger charge is 2.34. The van der Waals surface area contributed by atoms with E-state index in [1.807, 2.05) is 6.92 Å². The van der Waals surface area contributed by atoms with Crippen LogP contribution in [0.3, 0.4) is 0 Å². The summed E-state index contributed by atoms with van der Waals surface area (Å²) < 4.78 is 5.22. The molecule has 1 rings (SSSR count). The quantitative estimate of drug-likeness (QED) is 0.591. The third-order valence-electron chi connectivity index (χ3n) is 3.27. The Morgan fingerprint density at radius 3 is 2.50 bits per heavy atom. The Kier molecular flexibility index (Phi) is 6.26. The molecule has 0 aliphatic heterocycles. The van der Waals surface area contributed by atoms with Gasteiger partial charge in [-0.1, -0.05) is 6.92 Å². The van der Waals surface area contributed by atoms with Crippen molar-refractivity contribution in [1.29, 1.82) is 0 Å². The molecule has 1 aliphatic rings. The first-order valence-corrected chi connectivity index (χ1v) is 7.75. The average Bonchev–Trinajstić information content (AvgIpc) is 2.36. The van der Waals surface area contributed by atoms with E-state index in [1.165, 1.54) is 7.05 Å². The molecule has 1 atom stereocenters. The third-order valence-corrected chi connectivity index (χ3v) is 3.27. The number of hydrogen-bond donors (Lipinski definition) is 0. The summed E-state index contributed by atoms with van der Waals surface area (Å²) in [5.74, 6) is -0.997. The molecule has 1 fully saturated rings. The standard InChI is InChI=1S/C16H26N2O4/c1-6-8-12(19)14-11(9-7-10-13(14)20)17-18(5)15(21)22-16(2,3)4/h14H,6-10H2,1-5H3/b17-11-. The van der Waals surface area contributed by atoms with Crippen molar-refractivity contribution in [3.63, 3.8) is 0 Å². The van der Waals surface area contributed by atoms with Crippen LogP contribution in [-0.2, 0) is 14.3 Å². The van der Waals surface area contributed by atoms with Crippen LogP contribution in [0, 0.1) is 5.92 Å². The molecule has 0 saturated heterocycles. The number of Topliss-reactive ketones (excluding diaryl/α,β-unsaturated/α-hetero) is 2. The maximum atomic E-state index is 12.2. The number of nitrogens with zero attached hydrogens (tertiary/aromatic N) is 2. The van der Waals surface area contributed by atoms with Gasteiger partial charge in [-0.15, -0.1) is 0 Å². The molecule has 6 heteroatoms. The number of ketones is 2. The fourth-order valence-electron chi connectivity index (χ4n) is 2.34. The molecule has 1 unspecified atom stereocenters. The molecular formula is C16H26N2O4. The second-order valence-corrected chi connectivity index (χ2v) is 6.56. The van der Waals surface area contributed by atoms with Crippen LogP contribution in [0.15, 0.2) is 5.10 Å². The van der Waals surface area contributed by atoms with Gasteiger partial charge in [0.1, 0.15) is 23.1 Å². The van der Waals surface area contributed by atoms with Gasteiger partial charge in [0.15, 0.2) is 0 Å². The first kappa shape index (κ1) is 18.3. The number of ether oxygens (including phenoxy) is 1. The van der Waals surface area contributed by atoms with Gasteiger partial charge in [-0.25, -0.2) is 9.80 Å². The minimum atomic E-state index is -0.793. The molecule has 22 heavy (non-hydrogen) atoms. The molecule has 1 saturated carbocycles. The van der Waals surface area contributed by atoms with Gasteiger partial charge in [-0.2, -0.15) is 5.10 Å². The molecule has 0 heterocycles. The van der Waals surface area contributed by atoms with E-state index < -0.39 is 17.6 Å². The molecule has 0 aromatic rings. The van der Waals surface area contributed by atoms with E-state index >= 15 is 0 Å². The fraction of sp³-hybridized carbons (Fsp3) is 0.750. The third kappa shape index (κ3) is 5.24. The Bertz CT molecular complexity index is 477. The zero-order chi connectivity index (χ0) is 16.9. The van der Waals surface area contributed by atoms with Gasteiger partial charge in [-0.05, 0) is 40.0 Å². The molecule has 1 aliphatic carbocycles. The van der Waals surface area contributed by atoms with Gasteiger partial charge in [0.25, 0.3) is 0 Å². The number of hydrazone groups is 1. The predicted octanol–water partition coefficient (Wildman–Crippen LogP) is 2.95. The molecule has 124 valence electrons. The normalized spacial score (nSPS) is 20.9. The first-order chi connectivity index (χ1) is 10.2. The minimum absolute atomic E-state index is 0.0963. The van der Waals surface area contributed by atoms with Gasteiger partial charge in [-0.3, -0.25) is 9.59 Å². The van der Waals surface area contributed by atoms with Gasteiger partial charge < -0.3 is 4.74 Å². The van der Waals surface area contributed by atoms with Crippen LogP contribution in [-0.4, -0.2) is 41.0 Å². The summed E-state index contributed by atoms with van der Waals surface area (Å²) in [4.78, 5) is 36.2. The summed E-state index contributed by atoms with van der Waals surface area (Å²) >= 11 is 0. The number of hydrogen-bond acceptors (Lipinski definition) is 5. The lowest BCUT2D eigenvalue weighted by molar-refractivity contribution is -0.130. The summed E-state index contributed by atoms with van der Waals surface area (Å²) in [5.41, 5.74) is -0.145.